The predicted octanol–water partition coefficient (Wildman–Crippen LogP) is 3.87. The van der Waals surface area contributed by atoms with E-state index in [0.29, 0.717) is 10.8 Å². The molecule has 0 saturated heterocycles. The Hall–Kier alpha value is -3.19. The molecule has 0 spiro atoms. The van der Waals surface area contributed by atoms with Gasteiger partial charge >= 0.3 is 0 Å². The molecule has 2 aromatic heterocycles. The maximum absolute atomic E-state index is 12.5. The van der Waals surface area contributed by atoms with Crippen molar-refractivity contribution in [3.63, 3.8) is 0 Å². The van der Waals surface area contributed by atoms with Crippen LogP contribution < -0.4 is 10.1 Å². The summed E-state index contributed by atoms with van der Waals surface area (Å²) in [5, 5.41) is 13.1. The maximum atomic E-state index is 12.5. The van der Waals surface area contributed by atoms with Crippen molar-refractivity contribution in [1.82, 2.24) is 15.2 Å². The summed E-state index contributed by atoms with van der Waals surface area (Å²) in [6, 6.07) is 13.6. The average molecular weight is 362 g/mol. The third-order valence-electron chi connectivity index (χ3n) is 4.40. The molecule has 1 aliphatic rings. The minimum Gasteiger partial charge on any atom is -0.493 e. The molecule has 0 unspecified atom stereocenters. The summed E-state index contributed by atoms with van der Waals surface area (Å²) in [5.41, 5.74) is 4.26. The highest BCUT2D eigenvalue weighted by Gasteiger charge is 2.17. The number of fused-ring (bicyclic) bond motifs is 2. The van der Waals surface area contributed by atoms with Crippen LogP contribution in [-0.2, 0) is 6.42 Å². The van der Waals surface area contributed by atoms with Crippen LogP contribution in [-0.4, -0.2) is 27.7 Å². The van der Waals surface area contributed by atoms with Gasteiger partial charge in [-0.05, 0) is 29.8 Å². The highest BCUT2D eigenvalue weighted by atomic mass is 32.1. The van der Waals surface area contributed by atoms with E-state index >= 15 is 0 Å². The Labute approximate surface area is 152 Å². The molecule has 26 heavy (non-hydrogen) atoms. The number of thiazole rings is 1. The molecule has 0 radical (unpaired) electrons. The highest BCUT2D eigenvalue weighted by Crippen LogP contribution is 2.32. The minimum absolute atomic E-state index is 0.272. The maximum Gasteiger partial charge on any atom is 0.278 e. The molecule has 0 aliphatic carbocycles. The molecule has 1 aliphatic heterocycles. The first-order valence-electron chi connectivity index (χ1n) is 8.24. The Kier molecular flexibility index (Phi) is 3.46. The largest absolute Gasteiger partial charge is 0.493 e. The van der Waals surface area contributed by atoms with Crippen LogP contribution in [0.2, 0.25) is 0 Å². The zero-order valence-corrected chi connectivity index (χ0v) is 14.5. The summed E-state index contributed by atoms with van der Waals surface area (Å²) in [5.74, 6) is 0.675. The number of hydrogen-bond donors (Lipinski definition) is 2. The number of ether oxygens (including phenoxy) is 1. The summed E-state index contributed by atoms with van der Waals surface area (Å²) in [4.78, 5) is 17.1. The van der Waals surface area contributed by atoms with Gasteiger partial charge in [-0.15, -0.1) is 11.3 Å². The van der Waals surface area contributed by atoms with Crippen LogP contribution in [0.25, 0.3) is 22.2 Å². The van der Waals surface area contributed by atoms with Crippen molar-refractivity contribution in [2.75, 3.05) is 11.9 Å². The van der Waals surface area contributed by atoms with Crippen LogP contribution >= 0.6 is 11.3 Å². The SMILES string of the molecule is O=C(Nc1nc(-c2ccc3c(c2)CCO3)cs1)c1n[nH]c2ccccc12. The first-order valence-corrected chi connectivity index (χ1v) is 9.12. The van der Waals surface area contributed by atoms with E-state index in [0.717, 1.165) is 40.9 Å². The van der Waals surface area contributed by atoms with E-state index in [9.17, 15) is 4.79 Å². The van der Waals surface area contributed by atoms with Crippen LogP contribution in [0.3, 0.4) is 0 Å². The van der Waals surface area contributed by atoms with Crippen LogP contribution in [0, 0.1) is 0 Å². The van der Waals surface area contributed by atoms with Gasteiger partial charge in [0.05, 0.1) is 17.8 Å². The van der Waals surface area contributed by atoms with Gasteiger partial charge in [-0.2, -0.15) is 5.10 Å². The number of H-pyrrole nitrogens is 1. The van der Waals surface area contributed by atoms with Gasteiger partial charge in [0.1, 0.15) is 5.75 Å². The van der Waals surface area contributed by atoms with Crippen molar-refractivity contribution in [3.8, 4) is 17.0 Å². The average Bonchev–Trinajstić information content (AvgIpc) is 3.39. The van der Waals surface area contributed by atoms with E-state index in [4.69, 9.17) is 4.74 Å². The van der Waals surface area contributed by atoms with Gasteiger partial charge in [-0.1, -0.05) is 18.2 Å². The molecule has 128 valence electrons. The summed E-state index contributed by atoms with van der Waals surface area (Å²) >= 11 is 1.40. The second-order valence-corrected chi connectivity index (χ2v) is 6.89. The normalized spacial score (nSPS) is 12.8. The summed E-state index contributed by atoms with van der Waals surface area (Å²) in [6.07, 6.45) is 0.920. The molecule has 0 saturated carbocycles. The van der Waals surface area contributed by atoms with E-state index in [1.807, 2.05) is 41.8 Å². The van der Waals surface area contributed by atoms with E-state index in [-0.39, 0.29) is 5.91 Å². The molecule has 7 heteroatoms. The number of benzene rings is 2. The number of carbonyl (C=O) groups is 1. The second kappa shape index (κ2) is 5.96. The third kappa shape index (κ3) is 2.53. The lowest BCUT2D eigenvalue weighted by Crippen LogP contribution is -2.12. The van der Waals surface area contributed by atoms with E-state index < -0.39 is 0 Å². The number of amides is 1. The van der Waals surface area contributed by atoms with Crippen molar-refractivity contribution in [3.05, 3.63) is 59.1 Å². The van der Waals surface area contributed by atoms with Gasteiger partial charge in [-0.25, -0.2) is 4.98 Å². The predicted molar refractivity (Wildman–Crippen MR) is 101 cm³/mol. The number of hydrogen-bond acceptors (Lipinski definition) is 5. The summed E-state index contributed by atoms with van der Waals surface area (Å²) in [6.45, 7) is 0.731. The Morgan fingerprint density at radius 1 is 1.23 bits per heavy atom. The molecule has 4 aromatic rings. The number of nitrogens with zero attached hydrogens (tertiary/aromatic N) is 2. The van der Waals surface area contributed by atoms with Crippen molar-refractivity contribution >= 4 is 33.3 Å². The fraction of sp³-hybridized carbons (Fsp3) is 0.105. The van der Waals surface area contributed by atoms with E-state index in [1.165, 1.54) is 16.9 Å². The topological polar surface area (TPSA) is 79.9 Å². The van der Waals surface area contributed by atoms with Gasteiger partial charge in [0, 0.05) is 22.8 Å². The molecular weight excluding hydrogens is 348 g/mol. The Morgan fingerprint density at radius 3 is 3.12 bits per heavy atom. The van der Waals surface area contributed by atoms with Crippen LogP contribution in [0.5, 0.6) is 5.75 Å². The fourth-order valence-electron chi connectivity index (χ4n) is 3.10. The van der Waals surface area contributed by atoms with E-state index in [2.05, 4.69) is 26.6 Å². The van der Waals surface area contributed by atoms with Crippen molar-refractivity contribution in [2.45, 2.75) is 6.42 Å². The number of rotatable bonds is 3. The second-order valence-electron chi connectivity index (χ2n) is 6.03. The summed E-state index contributed by atoms with van der Waals surface area (Å²) < 4.78 is 5.54. The first-order chi connectivity index (χ1) is 12.8. The molecule has 1 amide bonds. The van der Waals surface area contributed by atoms with Crippen molar-refractivity contribution in [1.29, 1.82) is 0 Å². The molecule has 3 heterocycles. The molecule has 6 nitrogen and oxygen atoms in total. The lowest BCUT2D eigenvalue weighted by Gasteiger charge is -2.01. The van der Waals surface area contributed by atoms with Gasteiger partial charge in [0.15, 0.2) is 10.8 Å². The van der Waals surface area contributed by atoms with Crippen LogP contribution in [0.4, 0.5) is 5.13 Å². The lowest BCUT2D eigenvalue weighted by molar-refractivity contribution is 0.102. The van der Waals surface area contributed by atoms with Crippen LogP contribution in [0.15, 0.2) is 47.8 Å². The zero-order valence-electron chi connectivity index (χ0n) is 13.7. The van der Waals surface area contributed by atoms with Gasteiger partial charge < -0.3 is 4.74 Å². The molecule has 0 atom stereocenters. The standard InChI is InChI=1S/C19H14N4O2S/c24-18(17-13-3-1-2-4-14(13)22-23-17)21-19-20-15(10-26-19)11-5-6-16-12(9-11)7-8-25-16/h1-6,9-10H,7-8H2,(H,22,23)(H,20,21,24). The number of nitrogens with one attached hydrogen (secondary N) is 2. The lowest BCUT2D eigenvalue weighted by atomic mass is 10.1. The number of anilines is 1. The number of carbonyl (C=O) groups excluding carboxylic acids is 1. The Morgan fingerprint density at radius 2 is 2.15 bits per heavy atom. The highest BCUT2D eigenvalue weighted by molar-refractivity contribution is 7.14. The Balaban J connectivity index is 1.39. The van der Waals surface area contributed by atoms with Crippen molar-refractivity contribution < 1.29 is 9.53 Å². The zero-order chi connectivity index (χ0) is 17.5. The molecule has 0 fully saturated rings. The fourth-order valence-corrected chi connectivity index (χ4v) is 3.82. The van der Waals surface area contributed by atoms with Gasteiger partial charge in [0.2, 0.25) is 0 Å². The molecule has 0 bridgehead atoms. The molecule has 2 N–H and O–H groups in total. The van der Waals surface area contributed by atoms with Gasteiger partial charge in [-0.3, -0.25) is 15.2 Å². The molecular formula is C19H14N4O2S. The van der Waals surface area contributed by atoms with Crippen molar-refractivity contribution in [2.24, 2.45) is 0 Å². The third-order valence-corrected chi connectivity index (χ3v) is 5.15. The molecule has 5 rings (SSSR count). The Bertz CT molecular complexity index is 1130. The number of para-hydroxylation sites is 1. The van der Waals surface area contributed by atoms with Gasteiger partial charge in [0.25, 0.3) is 5.91 Å². The smallest absolute Gasteiger partial charge is 0.278 e. The monoisotopic (exact) mass is 362 g/mol. The van der Waals surface area contributed by atoms with E-state index in [1.54, 1.807) is 0 Å². The van der Waals surface area contributed by atoms with Crippen LogP contribution in [0.1, 0.15) is 16.1 Å². The summed E-state index contributed by atoms with van der Waals surface area (Å²) in [7, 11) is 0. The molecule has 2 aromatic carbocycles. The quantitative estimate of drug-likeness (QED) is 0.580. The number of aromatic amines is 1. The minimum atomic E-state index is -0.272. The first kappa shape index (κ1) is 15.1. The number of aromatic nitrogens is 3.